The first-order valence-corrected chi connectivity index (χ1v) is 5.78. The minimum atomic E-state index is -0.945. The number of hydrogen-bond donors (Lipinski definition) is 1. The van der Waals surface area contributed by atoms with E-state index in [1.807, 2.05) is 0 Å². The fourth-order valence-corrected chi connectivity index (χ4v) is 2.27. The molecule has 2 atom stereocenters. The quantitative estimate of drug-likeness (QED) is 0.719. The van der Waals surface area contributed by atoms with Gasteiger partial charge in [0.15, 0.2) is 0 Å². The average Bonchev–Trinajstić information content (AvgIpc) is 2.87. The second-order valence-corrected chi connectivity index (χ2v) is 5.20. The Hall–Kier alpha value is -1.59. The number of carbonyl (C=O) groups excluding carboxylic acids is 2. The summed E-state index contributed by atoms with van der Waals surface area (Å²) in [7, 11) is 2.85. The lowest BCUT2D eigenvalue weighted by atomic mass is 10.1. The van der Waals surface area contributed by atoms with Gasteiger partial charge >= 0.3 is 11.9 Å². The van der Waals surface area contributed by atoms with Crippen LogP contribution in [0.2, 0.25) is 0 Å². The molecule has 6 nitrogen and oxygen atoms in total. The zero-order valence-corrected chi connectivity index (χ0v) is 11.1. The molecule has 1 aliphatic rings. The standard InChI is InChI=1S/C12H19NO5/c1-12(2)8(9(12)11(16)17)10(15)13(3)6-5-7(14)18-4/h8-9H,5-6H2,1-4H3,(H,16,17). The lowest BCUT2D eigenvalue weighted by Gasteiger charge is -2.17. The fourth-order valence-electron chi connectivity index (χ4n) is 2.27. The smallest absolute Gasteiger partial charge is 0.307 e. The Kier molecular flexibility index (Phi) is 3.98. The van der Waals surface area contributed by atoms with Crippen LogP contribution in [0.25, 0.3) is 0 Å². The first-order valence-electron chi connectivity index (χ1n) is 5.78. The predicted octanol–water partition coefficient (Wildman–Crippen LogP) is 0.365. The molecule has 18 heavy (non-hydrogen) atoms. The molecule has 1 amide bonds. The molecule has 1 fully saturated rings. The summed E-state index contributed by atoms with van der Waals surface area (Å²) in [5, 5.41) is 9.00. The summed E-state index contributed by atoms with van der Waals surface area (Å²) in [4.78, 5) is 35.4. The Balaban J connectivity index is 2.56. The third-order valence-electron chi connectivity index (χ3n) is 3.61. The van der Waals surface area contributed by atoms with Gasteiger partial charge < -0.3 is 14.7 Å². The predicted molar refractivity (Wildman–Crippen MR) is 62.7 cm³/mol. The van der Waals surface area contributed by atoms with Crippen LogP contribution < -0.4 is 0 Å². The normalized spacial score (nSPS) is 24.2. The number of amides is 1. The molecule has 0 spiro atoms. The van der Waals surface area contributed by atoms with E-state index in [1.54, 1.807) is 20.9 Å². The number of carbonyl (C=O) groups is 3. The van der Waals surface area contributed by atoms with Crippen LogP contribution in [0, 0.1) is 17.3 Å². The van der Waals surface area contributed by atoms with E-state index in [9.17, 15) is 14.4 Å². The van der Waals surface area contributed by atoms with Crippen LogP contribution in [0.1, 0.15) is 20.3 Å². The largest absolute Gasteiger partial charge is 0.481 e. The average molecular weight is 257 g/mol. The van der Waals surface area contributed by atoms with Crippen molar-refractivity contribution in [2.45, 2.75) is 20.3 Å². The number of esters is 1. The number of methoxy groups -OCH3 is 1. The molecule has 6 heteroatoms. The van der Waals surface area contributed by atoms with Crippen molar-refractivity contribution in [3.63, 3.8) is 0 Å². The molecule has 0 saturated heterocycles. The first kappa shape index (κ1) is 14.5. The van der Waals surface area contributed by atoms with E-state index < -0.39 is 23.2 Å². The van der Waals surface area contributed by atoms with Gasteiger partial charge in [0, 0.05) is 13.6 Å². The minimum Gasteiger partial charge on any atom is -0.481 e. The molecule has 0 heterocycles. The highest BCUT2D eigenvalue weighted by Crippen LogP contribution is 2.58. The molecule has 0 aromatic rings. The van der Waals surface area contributed by atoms with Gasteiger partial charge in [0.1, 0.15) is 0 Å². The van der Waals surface area contributed by atoms with E-state index in [0.29, 0.717) is 0 Å². The van der Waals surface area contributed by atoms with Gasteiger partial charge in [-0.15, -0.1) is 0 Å². The molecular formula is C12H19NO5. The summed E-state index contributed by atoms with van der Waals surface area (Å²) >= 11 is 0. The molecule has 1 N–H and O–H groups in total. The number of ether oxygens (including phenoxy) is 1. The van der Waals surface area contributed by atoms with Crippen molar-refractivity contribution < 1.29 is 24.2 Å². The zero-order valence-electron chi connectivity index (χ0n) is 11.1. The molecule has 0 aliphatic heterocycles. The van der Waals surface area contributed by atoms with Gasteiger partial charge in [0.25, 0.3) is 0 Å². The van der Waals surface area contributed by atoms with Crippen molar-refractivity contribution in [1.82, 2.24) is 4.90 Å². The number of hydrogen-bond acceptors (Lipinski definition) is 4. The molecule has 1 rings (SSSR count). The van der Waals surface area contributed by atoms with Crippen LogP contribution in [0.5, 0.6) is 0 Å². The van der Waals surface area contributed by atoms with E-state index in [1.165, 1.54) is 12.0 Å². The molecule has 0 radical (unpaired) electrons. The van der Waals surface area contributed by atoms with Crippen LogP contribution in [-0.2, 0) is 19.1 Å². The maximum Gasteiger partial charge on any atom is 0.307 e. The van der Waals surface area contributed by atoms with Gasteiger partial charge in [-0.25, -0.2) is 0 Å². The third-order valence-corrected chi connectivity index (χ3v) is 3.61. The molecular weight excluding hydrogens is 238 g/mol. The van der Waals surface area contributed by atoms with Crippen molar-refractivity contribution in [2.75, 3.05) is 20.7 Å². The zero-order chi connectivity index (χ0) is 14.1. The molecule has 0 bridgehead atoms. The summed E-state index contributed by atoms with van der Waals surface area (Å²) < 4.78 is 4.49. The van der Waals surface area contributed by atoms with E-state index in [0.717, 1.165) is 0 Å². The number of rotatable bonds is 5. The molecule has 0 aromatic heterocycles. The van der Waals surface area contributed by atoms with Gasteiger partial charge in [-0.2, -0.15) is 0 Å². The summed E-state index contributed by atoms with van der Waals surface area (Å²) in [6.45, 7) is 3.77. The summed E-state index contributed by atoms with van der Waals surface area (Å²) in [5.74, 6) is -2.70. The summed E-state index contributed by atoms with van der Waals surface area (Å²) in [5.41, 5.74) is -0.511. The highest BCUT2D eigenvalue weighted by molar-refractivity contribution is 5.91. The van der Waals surface area contributed by atoms with Crippen LogP contribution in [0.4, 0.5) is 0 Å². The van der Waals surface area contributed by atoms with E-state index in [2.05, 4.69) is 4.74 Å². The first-order chi connectivity index (χ1) is 8.23. The fraction of sp³-hybridized carbons (Fsp3) is 0.750. The SMILES string of the molecule is COC(=O)CCN(C)C(=O)C1C(C(=O)O)C1(C)C. The maximum atomic E-state index is 12.0. The van der Waals surface area contributed by atoms with Crippen LogP contribution in [-0.4, -0.2) is 48.6 Å². The summed E-state index contributed by atoms with van der Waals surface area (Å²) in [6.07, 6.45) is 0.115. The Bertz CT molecular complexity index is 377. The third kappa shape index (κ3) is 2.63. The molecule has 1 saturated carbocycles. The van der Waals surface area contributed by atoms with Crippen molar-refractivity contribution in [2.24, 2.45) is 17.3 Å². The maximum absolute atomic E-state index is 12.0. The highest BCUT2D eigenvalue weighted by atomic mass is 16.5. The number of nitrogens with zero attached hydrogens (tertiary/aromatic N) is 1. The van der Waals surface area contributed by atoms with Gasteiger partial charge in [-0.3, -0.25) is 14.4 Å². The van der Waals surface area contributed by atoms with Crippen molar-refractivity contribution in [3.05, 3.63) is 0 Å². The number of carboxylic acid groups (broad SMARTS) is 1. The van der Waals surface area contributed by atoms with Crippen LogP contribution >= 0.6 is 0 Å². The lowest BCUT2D eigenvalue weighted by molar-refractivity contribution is -0.143. The number of aliphatic carboxylic acids is 1. The van der Waals surface area contributed by atoms with Gasteiger partial charge in [-0.1, -0.05) is 13.8 Å². The number of carboxylic acids is 1. The Morgan fingerprint density at radius 2 is 1.83 bits per heavy atom. The van der Waals surface area contributed by atoms with E-state index >= 15 is 0 Å². The molecule has 102 valence electrons. The molecule has 1 aliphatic carbocycles. The van der Waals surface area contributed by atoms with Crippen molar-refractivity contribution >= 4 is 17.8 Å². The topological polar surface area (TPSA) is 83.9 Å². The Morgan fingerprint density at radius 1 is 1.28 bits per heavy atom. The van der Waals surface area contributed by atoms with Crippen LogP contribution in [0.3, 0.4) is 0 Å². The van der Waals surface area contributed by atoms with E-state index in [4.69, 9.17) is 5.11 Å². The lowest BCUT2D eigenvalue weighted by Crippen LogP contribution is -2.32. The molecule has 0 aromatic carbocycles. The van der Waals surface area contributed by atoms with Crippen molar-refractivity contribution in [3.8, 4) is 0 Å². The van der Waals surface area contributed by atoms with E-state index in [-0.39, 0.29) is 24.8 Å². The van der Waals surface area contributed by atoms with Gasteiger partial charge in [0.05, 0.1) is 25.4 Å². The Morgan fingerprint density at radius 3 is 2.22 bits per heavy atom. The van der Waals surface area contributed by atoms with Gasteiger partial charge in [0.2, 0.25) is 5.91 Å². The van der Waals surface area contributed by atoms with Crippen molar-refractivity contribution in [1.29, 1.82) is 0 Å². The van der Waals surface area contributed by atoms with Gasteiger partial charge in [-0.05, 0) is 5.41 Å². The highest BCUT2D eigenvalue weighted by Gasteiger charge is 2.66. The Labute approximate surface area is 106 Å². The van der Waals surface area contributed by atoms with Crippen LogP contribution in [0.15, 0.2) is 0 Å². The molecule has 2 unspecified atom stereocenters. The monoisotopic (exact) mass is 257 g/mol. The second kappa shape index (κ2) is 4.96. The summed E-state index contributed by atoms with van der Waals surface area (Å²) in [6, 6.07) is 0. The minimum absolute atomic E-state index is 0.115. The second-order valence-electron chi connectivity index (χ2n) is 5.20.